The number of aryl methyl sites for hydroxylation is 1. The van der Waals surface area contributed by atoms with E-state index < -0.39 is 0 Å². The minimum Gasteiger partial charge on any atom is -0.326 e. The van der Waals surface area contributed by atoms with Crippen LogP contribution in [0.1, 0.15) is 24.1 Å². The van der Waals surface area contributed by atoms with Gasteiger partial charge >= 0.3 is 6.03 Å². The molecule has 1 atom stereocenters. The Morgan fingerprint density at radius 3 is 2.48 bits per heavy atom. The first-order valence-electron chi connectivity index (χ1n) is 9.13. The highest BCUT2D eigenvalue weighted by Gasteiger charge is 2.30. The second-order valence-corrected chi connectivity index (χ2v) is 7.02. The van der Waals surface area contributed by atoms with Gasteiger partial charge in [-0.2, -0.15) is 0 Å². The largest absolute Gasteiger partial charge is 0.326 e. The maximum Gasteiger partial charge on any atom is 0.322 e. The number of likely N-dealkylation sites (N-methyl/N-ethyl adjacent to an activating group) is 1. The summed E-state index contributed by atoms with van der Waals surface area (Å²) in [5.74, 6) is -0.140. The molecule has 1 saturated heterocycles. The molecule has 0 unspecified atom stereocenters. The van der Waals surface area contributed by atoms with E-state index in [0.29, 0.717) is 17.9 Å². The summed E-state index contributed by atoms with van der Waals surface area (Å²) in [6.07, 6.45) is 0. The van der Waals surface area contributed by atoms with Gasteiger partial charge in [0.1, 0.15) is 0 Å². The molecule has 0 saturated carbocycles. The van der Waals surface area contributed by atoms with Gasteiger partial charge in [-0.15, -0.1) is 0 Å². The van der Waals surface area contributed by atoms with Crippen molar-refractivity contribution in [3.8, 4) is 0 Å². The standard InChI is InChI=1S/C21H26N4O2/c1-15-9-10-18(22-16(2)26)13-19(15)23-21(27)25-12-11-24(3)14-20(25)17-7-5-4-6-8-17/h4-10,13,20H,11-12,14H2,1-3H3,(H,22,26)(H,23,27)/t20-/m0/s1. The molecule has 0 spiro atoms. The number of nitrogens with zero attached hydrogens (tertiary/aromatic N) is 2. The van der Waals surface area contributed by atoms with E-state index in [2.05, 4.69) is 34.7 Å². The third kappa shape index (κ3) is 4.65. The van der Waals surface area contributed by atoms with E-state index in [1.807, 2.05) is 42.2 Å². The van der Waals surface area contributed by atoms with Gasteiger partial charge in [-0.1, -0.05) is 36.4 Å². The number of hydrogen-bond acceptors (Lipinski definition) is 3. The van der Waals surface area contributed by atoms with Crippen LogP contribution < -0.4 is 10.6 Å². The number of benzene rings is 2. The quantitative estimate of drug-likeness (QED) is 0.874. The highest BCUT2D eigenvalue weighted by molar-refractivity contribution is 5.93. The van der Waals surface area contributed by atoms with Gasteiger partial charge in [0.05, 0.1) is 6.04 Å². The summed E-state index contributed by atoms with van der Waals surface area (Å²) >= 11 is 0. The topological polar surface area (TPSA) is 64.7 Å². The van der Waals surface area contributed by atoms with E-state index in [4.69, 9.17) is 0 Å². The minimum absolute atomic E-state index is 0.00350. The number of urea groups is 1. The first-order chi connectivity index (χ1) is 12.9. The molecule has 3 rings (SSSR count). The molecule has 1 heterocycles. The fourth-order valence-electron chi connectivity index (χ4n) is 3.35. The molecule has 142 valence electrons. The normalized spacial score (nSPS) is 17.4. The van der Waals surface area contributed by atoms with Crippen LogP contribution in [0.4, 0.5) is 16.2 Å². The van der Waals surface area contributed by atoms with Crippen molar-refractivity contribution in [2.45, 2.75) is 19.9 Å². The molecule has 1 aliphatic heterocycles. The van der Waals surface area contributed by atoms with Gasteiger partial charge in [0, 0.05) is 37.9 Å². The Balaban J connectivity index is 1.81. The third-order valence-electron chi connectivity index (χ3n) is 4.83. The summed E-state index contributed by atoms with van der Waals surface area (Å²) in [5, 5.41) is 5.78. The van der Waals surface area contributed by atoms with Gasteiger partial charge in [-0.05, 0) is 37.2 Å². The summed E-state index contributed by atoms with van der Waals surface area (Å²) in [5.41, 5.74) is 3.45. The lowest BCUT2D eigenvalue weighted by Gasteiger charge is -2.40. The lowest BCUT2D eigenvalue weighted by Crippen LogP contribution is -2.50. The molecule has 3 amide bonds. The van der Waals surface area contributed by atoms with Crippen LogP contribution in [0.25, 0.3) is 0 Å². The van der Waals surface area contributed by atoms with E-state index in [9.17, 15) is 9.59 Å². The lowest BCUT2D eigenvalue weighted by atomic mass is 10.0. The zero-order valence-electron chi connectivity index (χ0n) is 16.0. The van der Waals surface area contributed by atoms with Crippen molar-refractivity contribution in [1.29, 1.82) is 0 Å². The second-order valence-electron chi connectivity index (χ2n) is 7.02. The highest BCUT2D eigenvalue weighted by atomic mass is 16.2. The van der Waals surface area contributed by atoms with E-state index >= 15 is 0 Å². The molecule has 1 fully saturated rings. The molecule has 2 aromatic carbocycles. The van der Waals surface area contributed by atoms with Gasteiger partial charge in [0.2, 0.25) is 5.91 Å². The molecule has 6 nitrogen and oxygen atoms in total. The summed E-state index contributed by atoms with van der Waals surface area (Å²) in [7, 11) is 2.08. The van der Waals surface area contributed by atoms with Crippen LogP contribution in [0.15, 0.2) is 48.5 Å². The van der Waals surface area contributed by atoms with Gasteiger partial charge < -0.3 is 20.4 Å². The van der Waals surface area contributed by atoms with E-state index in [-0.39, 0.29) is 18.0 Å². The maximum absolute atomic E-state index is 13.1. The third-order valence-corrected chi connectivity index (χ3v) is 4.83. The Morgan fingerprint density at radius 1 is 1.04 bits per heavy atom. The molecule has 6 heteroatoms. The fourth-order valence-corrected chi connectivity index (χ4v) is 3.35. The van der Waals surface area contributed by atoms with Crippen molar-refractivity contribution in [3.63, 3.8) is 0 Å². The van der Waals surface area contributed by atoms with Crippen molar-refractivity contribution >= 4 is 23.3 Å². The average molecular weight is 366 g/mol. The highest BCUT2D eigenvalue weighted by Crippen LogP contribution is 2.27. The predicted octanol–water partition coefficient (Wildman–Crippen LogP) is 3.47. The zero-order valence-corrected chi connectivity index (χ0v) is 16.0. The van der Waals surface area contributed by atoms with Crippen molar-refractivity contribution < 1.29 is 9.59 Å². The molecule has 27 heavy (non-hydrogen) atoms. The maximum atomic E-state index is 13.1. The number of carbonyl (C=O) groups is 2. The van der Waals surface area contributed by atoms with Crippen LogP contribution in [0, 0.1) is 6.92 Å². The van der Waals surface area contributed by atoms with Crippen LogP contribution in [-0.4, -0.2) is 48.4 Å². The zero-order chi connectivity index (χ0) is 19.4. The Hall–Kier alpha value is -2.86. The Bertz CT molecular complexity index is 822. The van der Waals surface area contributed by atoms with Crippen LogP contribution in [0.2, 0.25) is 0 Å². The number of amides is 3. The number of rotatable bonds is 3. The molecule has 2 aromatic rings. The number of anilines is 2. The number of nitrogens with one attached hydrogen (secondary N) is 2. The van der Waals surface area contributed by atoms with Crippen molar-refractivity contribution in [1.82, 2.24) is 9.80 Å². The van der Waals surface area contributed by atoms with Gasteiger partial charge in [0.25, 0.3) is 0 Å². The molecule has 0 aliphatic carbocycles. The van der Waals surface area contributed by atoms with Crippen LogP contribution in [0.5, 0.6) is 0 Å². The van der Waals surface area contributed by atoms with E-state index in [0.717, 1.165) is 24.2 Å². The molecular formula is C21H26N4O2. The fraction of sp³-hybridized carbons (Fsp3) is 0.333. The SMILES string of the molecule is CC(=O)Nc1ccc(C)c(NC(=O)N2CCN(C)C[C@H]2c2ccccc2)c1. The molecular weight excluding hydrogens is 340 g/mol. The van der Waals surface area contributed by atoms with Crippen LogP contribution in [-0.2, 0) is 4.79 Å². The van der Waals surface area contributed by atoms with Gasteiger partial charge in [-0.3, -0.25) is 4.79 Å². The lowest BCUT2D eigenvalue weighted by molar-refractivity contribution is -0.114. The summed E-state index contributed by atoms with van der Waals surface area (Å²) < 4.78 is 0. The van der Waals surface area contributed by atoms with Crippen LogP contribution in [0.3, 0.4) is 0 Å². The smallest absolute Gasteiger partial charge is 0.322 e. The molecule has 2 N–H and O–H groups in total. The Labute approximate surface area is 160 Å². The predicted molar refractivity (Wildman–Crippen MR) is 108 cm³/mol. The van der Waals surface area contributed by atoms with Crippen molar-refractivity contribution in [2.24, 2.45) is 0 Å². The molecule has 1 aliphatic rings. The average Bonchev–Trinajstić information content (AvgIpc) is 2.64. The number of piperazine rings is 1. The monoisotopic (exact) mass is 366 g/mol. The first kappa shape index (κ1) is 18.9. The van der Waals surface area contributed by atoms with Gasteiger partial charge in [-0.25, -0.2) is 4.79 Å². The van der Waals surface area contributed by atoms with E-state index in [1.54, 1.807) is 6.07 Å². The second kappa shape index (κ2) is 8.22. The van der Waals surface area contributed by atoms with Crippen LogP contribution >= 0.6 is 0 Å². The Kier molecular flexibility index (Phi) is 5.76. The Morgan fingerprint density at radius 2 is 1.78 bits per heavy atom. The van der Waals surface area contributed by atoms with Crippen molar-refractivity contribution in [2.75, 3.05) is 37.3 Å². The number of carbonyl (C=O) groups excluding carboxylic acids is 2. The first-order valence-corrected chi connectivity index (χ1v) is 9.13. The summed E-state index contributed by atoms with van der Waals surface area (Å²) in [6, 6.07) is 15.5. The van der Waals surface area contributed by atoms with Crippen molar-refractivity contribution in [3.05, 3.63) is 59.7 Å². The van der Waals surface area contributed by atoms with E-state index in [1.165, 1.54) is 6.92 Å². The summed E-state index contributed by atoms with van der Waals surface area (Å²) in [6.45, 7) is 5.69. The number of hydrogen-bond donors (Lipinski definition) is 2. The molecule has 0 radical (unpaired) electrons. The minimum atomic E-state index is -0.140. The summed E-state index contributed by atoms with van der Waals surface area (Å²) in [4.78, 5) is 28.5. The molecule has 0 bridgehead atoms. The van der Waals surface area contributed by atoms with Gasteiger partial charge in [0.15, 0.2) is 0 Å². The molecule has 0 aromatic heterocycles.